The molecule has 0 aromatic carbocycles. The van der Waals surface area contributed by atoms with Gasteiger partial charge in [-0.3, -0.25) is 0 Å². The Bertz CT molecular complexity index is 533. The lowest BCUT2D eigenvalue weighted by Gasteiger charge is -2.27. The van der Waals surface area contributed by atoms with E-state index in [9.17, 15) is 8.42 Å². The van der Waals surface area contributed by atoms with E-state index in [1.165, 1.54) is 0 Å². The first kappa shape index (κ1) is 14.2. The highest BCUT2D eigenvalue weighted by atomic mass is 32.2. The Hall–Kier alpha value is -1.18. The maximum atomic E-state index is 12.4. The number of hydrogen-bond acceptors (Lipinski definition) is 5. The highest BCUT2D eigenvalue weighted by Gasteiger charge is 2.26. The molecule has 7 heteroatoms. The number of ether oxygens (including phenoxy) is 1. The van der Waals surface area contributed by atoms with Crippen LogP contribution in [0.5, 0.6) is 0 Å². The molecule has 2 unspecified atom stereocenters. The van der Waals surface area contributed by atoms with Gasteiger partial charge in [-0.05, 0) is 31.9 Å². The Kier molecular flexibility index (Phi) is 4.38. The molecular weight excluding hydrogens is 266 g/mol. The fourth-order valence-corrected chi connectivity index (χ4v) is 3.63. The molecule has 1 saturated heterocycles. The summed E-state index contributed by atoms with van der Waals surface area (Å²) in [6, 6.07) is 3.07. The zero-order chi connectivity index (χ0) is 13.9. The van der Waals surface area contributed by atoms with E-state index in [2.05, 4.69) is 15.0 Å². The minimum absolute atomic E-state index is 0.0825. The van der Waals surface area contributed by atoms with Crippen molar-refractivity contribution >= 4 is 15.8 Å². The highest BCUT2D eigenvalue weighted by Crippen LogP contribution is 2.20. The monoisotopic (exact) mass is 285 g/mol. The number of nitrogens with one attached hydrogen (secondary N) is 2. The maximum absolute atomic E-state index is 12.4. The highest BCUT2D eigenvalue weighted by molar-refractivity contribution is 7.89. The van der Waals surface area contributed by atoms with E-state index >= 15 is 0 Å². The molecule has 1 aliphatic rings. The van der Waals surface area contributed by atoms with Crippen molar-refractivity contribution in [2.45, 2.75) is 36.8 Å². The number of aromatic nitrogens is 1. The second kappa shape index (κ2) is 5.85. The molecule has 0 bridgehead atoms. The molecule has 106 valence electrons. The van der Waals surface area contributed by atoms with Crippen LogP contribution in [0.15, 0.2) is 23.2 Å². The van der Waals surface area contributed by atoms with Crippen molar-refractivity contribution in [3.63, 3.8) is 0 Å². The van der Waals surface area contributed by atoms with Crippen molar-refractivity contribution in [1.82, 2.24) is 9.71 Å². The summed E-state index contributed by atoms with van der Waals surface area (Å²) in [5.74, 6) is 0.357. The van der Waals surface area contributed by atoms with Crippen LogP contribution in [-0.4, -0.2) is 39.2 Å². The summed E-state index contributed by atoms with van der Waals surface area (Å²) >= 11 is 0. The van der Waals surface area contributed by atoms with Gasteiger partial charge in [-0.1, -0.05) is 0 Å². The van der Waals surface area contributed by atoms with Crippen molar-refractivity contribution in [3.05, 3.63) is 18.3 Å². The molecule has 2 heterocycles. The Labute approximate surface area is 113 Å². The van der Waals surface area contributed by atoms with E-state index < -0.39 is 10.0 Å². The zero-order valence-corrected chi connectivity index (χ0v) is 11.9. The largest absolute Gasteiger partial charge is 0.378 e. The molecule has 0 radical (unpaired) electrons. The van der Waals surface area contributed by atoms with E-state index in [1.54, 1.807) is 25.4 Å². The zero-order valence-electron chi connectivity index (χ0n) is 11.1. The van der Waals surface area contributed by atoms with Crippen molar-refractivity contribution in [1.29, 1.82) is 0 Å². The second-order valence-electron chi connectivity index (χ2n) is 4.62. The molecule has 1 aliphatic heterocycles. The lowest BCUT2D eigenvalue weighted by molar-refractivity contribution is 0.0173. The third-order valence-electron chi connectivity index (χ3n) is 3.10. The summed E-state index contributed by atoms with van der Waals surface area (Å²) in [7, 11) is -1.91. The van der Waals surface area contributed by atoms with Crippen molar-refractivity contribution in [3.8, 4) is 0 Å². The van der Waals surface area contributed by atoms with Gasteiger partial charge in [-0.2, -0.15) is 0 Å². The van der Waals surface area contributed by atoms with Crippen molar-refractivity contribution in [2.75, 3.05) is 19.0 Å². The molecule has 0 aliphatic carbocycles. The van der Waals surface area contributed by atoms with Gasteiger partial charge in [0.15, 0.2) is 0 Å². The molecule has 0 amide bonds. The Morgan fingerprint density at radius 2 is 2.26 bits per heavy atom. The van der Waals surface area contributed by atoms with Crippen LogP contribution in [-0.2, 0) is 14.8 Å². The average Bonchev–Trinajstić information content (AvgIpc) is 2.38. The summed E-state index contributed by atoms with van der Waals surface area (Å²) in [5.41, 5.74) is 0. The van der Waals surface area contributed by atoms with E-state index in [-0.39, 0.29) is 17.0 Å². The van der Waals surface area contributed by atoms with Crippen LogP contribution in [0, 0.1) is 0 Å². The smallest absolute Gasteiger partial charge is 0.244 e. The first-order valence-electron chi connectivity index (χ1n) is 6.29. The van der Waals surface area contributed by atoms with Gasteiger partial charge in [0.05, 0.1) is 6.10 Å². The Morgan fingerprint density at radius 1 is 1.47 bits per heavy atom. The number of nitrogens with zero attached hydrogens (tertiary/aromatic N) is 1. The number of rotatable bonds is 4. The molecule has 6 nitrogen and oxygen atoms in total. The summed E-state index contributed by atoms with van der Waals surface area (Å²) < 4.78 is 32.9. The summed E-state index contributed by atoms with van der Waals surface area (Å²) in [6.07, 6.45) is 3.02. The Morgan fingerprint density at radius 3 is 2.95 bits per heavy atom. The number of hydrogen-bond donors (Lipinski definition) is 2. The maximum Gasteiger partial charge on any atom is 0.244 e. The van der Waals surface area contributed by atoms with Crippen LogP contribution in [0.4, 0.5) is 5.82 Å². The topological polar surface area (TPSA) is 80.3 Å². The van der Waals surface area contributed by atoms with Gasteiger partial charge in [0.25, 0.3) is 0 Å². The molecular formula is C12H19N3O3S. The van der Waals surface area contributed by atoms with Gasteiger partial charge in [-0.25, -0.2) is 18.1 Å². The van der Waals surface area contributed by atoms with Crippen LogP contribution in [0.25, 0.3) is 0 Å². The molecule has 0 spiro atoms. The van der Waals surface area contributed by atoms with Gasteiger partial charge < -0.3 is 10.1 Å². The second-order valence-corrected chi connectivity index (χ2v) is 6.31. The minimum atomic E-state index is -3.56. The van der Waals surface area contributed by atoms with Gasteiger partial charge in [0, 0.05) is 25.9 Å². The van der Waals surface area contributed by atoms with Crippen LogP contribution < -0.4 is 10.0 Å². The molecule has 1 aromatic heterocycles. The quantitative estimate of drug-likeness (QED) is 0.861. The summed E-state index contributed by atoms with van der Waals surface area (Å²) in [6.45, 7) is 2.53. The van der Waals surface area contributed by atoms with E-state index in [4.69, 9.17) is 4.74 Å². The van der Waals surface area contributed by atoms with Gasteiger partial charge in [-0.15, -0.1) is 0 Å². The van der Waals surface area contributed by atoms with Gasteiger partial charge in [0.1, 0.15) is 10.7 Å². The Balaban J connectivity index is 2.18. The lowest BCUT2D eigenvalue weighted by Crippen LogP contribution is -2.41. The molecule has 2 rings (SSSR count). The first-order valence-corrected chi connectivity index (χ1v) is 7.78. The third-order valence-corrected chi connectivity index (χ3v) is 4.66. The fourth-order valence-electron chi connectivity index (χ4n) is 2.18. The fraction of sp³-hybridized carbons (Fsp3) is 0.583. The van der Waals surface area contributed by atoms with Crippen LogP contribution in [0.3, 0.4) is 0 Å². The number of anilines is 1. The molecule has 1 fully saturated rings. The molecule has 2 atom stereocenters. The molecule has 19 heavy (non-hydrogen) atoms. The predicted octanol–water partition coefficient (Wildman–Crippen LogP) is 0.969. The predicted molar refractivity (Wildman–Crippen MR) is 72.5 cm³/mol. The summed E-state index contributed by atoms with van der Waals surface area (Å²) in [5, 5.41) is 2.79. The van der Waals surface area contributed by atoms with Gasteiger partial charge in [0.2, 0.25) is 10.0 Å². The summed E-state index contributed by atoms with van der Waals surface area (Å²) in [4.78, 5) is 4.19. The number of sulfonamides is 1. The average molecular weight is 285 g/mol. The van der Waals surface area contributed by atoms with Gasteiger partial charge >= 0.3 is 0 Å². The lowest BCUT2D eigenvalue weighted by atomic mass is 10.1. The molecule has 2 N–H and O–H groups in total. The standard InChI is InChI=1S/C12H19N3O3S/c1-9-8-10(5-7-18-9)15-19(16,17)11-4-3-6-14-12(11)13-2/h3-4,6,9-10,15H,5,7-8H2,1-2H3,(H,13,14). The molecule has 1 aromatic rings. The van der Waals surface area contributed by atoms with Crippen molar-refractivity contribution in [2.24, 2.45) is 0 Å². The van der Waals surface area contributed by atoms with Crippen LogP contribution >= 0.6 is 0 Å². The normalized spacial score (nSPS) is 24.1. The SMILES string of the molecule is CNc1ncccc1S(=O)(=O)NC1CCOC(C)C1. The number of pyridine rings is 1. The minimum Gasteiger partial charge on any atom is -0.378 e. The molecule has 0 saturated carbocycles. The van der Waals surface area contributed by atoms with Crippen LogP contribution in [0.2, 0.25) is 0 Å². The van der Waals surface area contributed by atoms with Crippen LogP contribution in [0.1, 0.15) is 19.8 Å². The van der Waals surface area contributed by atoms with Crippen molar-refractivity contribution < 1.29 is 13.2 Å². The van der Waals surface area contributed by atoms with E-state index in [0.717, 1.165) is 0 Å². The first-order chi connectivity index (χ1) is 9.03. The third kappa shape index (κ3) is 3.43. The van der Waals surface area contributed by atoms with E-state index in [1.807, 2.05) is 6.92 Å². The van der Waals surface area contributed by atoms with E-state index in [0.29, 0.717) is 25.3 Å².